The van der Waals surface area contributed by atoms with E-state index in [1.165, 1.54) is 18.4 Å². The zero-order valence-corrected chi connectivity index (χ0v) is 8.93. The van der Waals surface area contributed by atoms with Crippen molar-refractivity contribution < 1.29 is 0 Å². The molecule has 0 N–H and O–H groups in total. The third-order valence-electron chi connectivity index (χ3n) is 2.11. The predicted octanol–water partition coefficient (Wildman–Crippen LogP) is 3.98. The molecule has 0 atom stereocenters. The Labute approximate surface area is 81.8 Å². The standard InChI is InChI=1S/C12H19N/c1-4-7-8-11(5-2)9-12(6-3)10-13/h6,9H,4-5,7-8H2,1-3H3/b11-9+,12-6+. The Bertz CT molecular complexity index is 228. The van der Waals surface area contributed by atoms with Crippen LogP contribution in [0.15, 0.2) is 23.3 Å². The fraction of sp³-hybridized carbons (Fsp3) is 0.583. The summed E-state index contributed by atoms with van der Waals surface area (Å²) in [6.45, 7) is 6.24. The highest BCUT2D eigenvalue weighted by Crippen LogP contribution is 2.13. The maximum absolute atomic E-state index is 8.73. The van der Waals surface area contributed by atoms with E-state index in [4.69, 9.17) is 5.26 Å². The third-order valence-corrected chi connectivity index (χ3v) is 2.11. The van der Waals surface area contributed by atoms with Gasteiger partial charge in [0.2, 0.25) is 0 Å². The number of allylic oxidation sites excluding steroid dienone is 4. The predicted molar refractivity (Wildman–Crippen MR) is 57.3 cm³/mol. The van der Waals surface area contributed by atoms with Crippen molar-refractivity contribution in [3.63, 3.8) is 0 Å². The molecular weight excluding hydrogens is 158 g/mol. The third kappa shape index (κ3) is 5.25. The van der Waals surface area contributed by atoms with Gasteiger partial charge in [-0.1, -0.05) is 31.9 Å². The normalized spacial score (nSPS) is 12.8. The van der Waals surface area contributed by atoms with Gasteiger partial charge in [0, 0.05) is 5.57 Å². The van der Waals surface area contributed by atoms with Crippen molar-refractivity contribution in [1.82, 2.24) is 0 Å². The highest BCUT2D eigenvalue weighted by atomic mass is 14.2. The summed E-state index contributed by atoms with van der Waals surface area (Å²) in [5.74, 6) is 0. The number of hydrogen-bond donors (Lipinski definition) is 0. The molecule has 0 heterocycles. The van der Waals surface area contributed by atoms with Crippen LogP contribution in [-0.4, -0.2) is 0 Å². The minimum Gasteiger partial charge on any atom is -0.192 e. The first-order chi connectivity index (χ1) is 6.28. The summed E-state index contributed by atoms with van der Waals surface area (Å²) in [6, 6.07) is 2.18. The minimum absolute atomic E-state index is 0.785. The van der Waals surface area contributed by atoms with Gasteiger partial charge in [-0.05, 0) is 32.3 Å². The Morgan fingerprint density at radius 1 is 1.38 bits per heavy atom. The Hall–Kier alpha value is -1.03. The molecule has 0 unspecified atom stereocenters. The lowest BCUT2D eigenvalue weighted by Crippen LogP contribution is -1.83. The Balaban J connectivity index is 4.30. The summed E-state index contributed by atoms with van der Waals surface area (Å²) >= 11 is 0. The number of rotatable bonds is 5. The van der Waals surface area contributed by atoms with Crippen molar-refractivity contribution >= 4 is 0 Å². The van der Waals surface area contributed by atoms with Gasteiger partial charge in [-0.2, -0.15) is 5.26 Å². The summed E-state index contributed by atoms with van der Waals surface area (Å²) in [5.41, 5.74) is 2.17. The van der Waals surface area contributed by atoms with E-state index >= 15 is 0 Å². The number of unbranched alkanes of at least 4 members (excludes halogenated alkanes) is 1. The van der Waals surface area contributed by atoms with Gasteiger partial charge in [0.25, 0.3) is 0 Å². The van der Waals surface area contributed by atoms with Crippen molar-refractivity contribution in [3.8, 4) is 6.07 Å². The second-order valence-electron chi connectivity index (χ2n) is 3.12. The molecule has 0 aromatic rings. The molecule has 1 heteroatoms. The maximum atomic E-state index is 8.73. The molecule has 0 spiro atoms. The molecule has 1 nitrogen and oxygen atoms in total. The molecule has 0 amide bonds. The van der Waals surface area contributed by atoms with E-state index in [9.17, 15) is 0 Å². The van der Waals surface area contributed by atoms with Crippen molar-refractivity contribution in [1.29, 1.82) is 5.26 Å². The molecule has 0 aromatic carbocycles. The van der Waals surface area contributed by atoms with E-state index in [-0.39, 0.29) is 0 Å². The van der Waals surface area contributed by atoms with Crippen molar-refractivity contribution in [2.75, 3.05) is 0 Å². The van der Waals surface area contributed by atoms with Gasteiger partial charge in [0.15, 0.2) is 0 Å². The molecule has 0 saturated heterocycles. The Morgan fingerprint density at radius 2 is 2.08 bits per heavy atom. The lowest BCUT2D eigenvalue weighted by atomic mass is 10.0. The van der Waals surface area contributed by atoms with E-state index in [1.807, 2.05) is 19.1 Å². The van der Waals surface area contributed by atoms with E-state index < -0.39 is 0 Å². The molecule has 0 saturated carbocycles. The molecule has 0 radical (unpaired) electrons. The molecule has 0 aromatic heterocycles. The molecule has 13 heavy (non-hydrogen) atoms. The fourth-order valence-corrected chi connectivity index (χ4v) is 1.15. The van der Waals surface area contributed by atoms with Gasteiger partial charge in [-0.15, -0.1) is 0 Å². The van der Waals surface area contributed by atoms with Crippen LogP contribution in [0.5, 0.6) is 0 Å². The average molecular weight is 177 g/mol. The second kappa shape index (κ2) is 7.61. The average Bonchev–Trinajstić information content (AvgIpc) is 2.19. The SMILES string of the molecule is C/C=C(C#N)\C=C(/CC)CCCC. The van der Waals surface area contributed by atoms with Crippen LogP contribution in [-0.2, 0) is 0 Å². The molecule has 0 bridgehead atoms. The number of hydrogen-bond acceptors (Lipinski definition) is 1. The van der Waals surface area contributed by atoms with Crippen LogP contribution in [0.25, 0.3) is 0 Å². The van der Waals surface area contributed by atoms with Gasteiger partial charge in [0.05, 0.1) is 6.07 Å². The summed E-state index contributed by atoms with van der Waals surface area (Å²) in [5, 5.41) is 8.73. The summed E-state index contributed by atoms with van der Waals surface area (Å²) in [4.78, 5) is 0. The minimum atomic E-state index is 0.785. The Kier molecular flexibility index (Phi) is 7.01. The quantitative estimate of drug-likeness (QED) is 0.460. The van der Waals surface area contributed by atoms with E-state index in [0.717, 1.165) is 18.4 Å². The van der Waals surface area contributed by atoms with Crippen molar-refractivity contribution in [2.45, 2.75) is 46.5 Å². The summed E-state index contributed by atoms with van der Waals surface area (Å²) in [6.07, 6.45) is 8.51. The van der Waals surface area contributed by atoms with Crippen LogP contribution >= 0.6 is 0 Å². The zero-order valence-electron chi connectivity index (χ0n) is 8.93. The van der Waals surface area contributed by atoms with Crippen molar-refractivity contribution in [2.24, 2.45) is 0 Å². The monoisotopic (exact) mass is 177 g/mol. The van der Waals surface area contributed by atoms with Crippen LogP contribution in [0.1, 0.15) is 46.5 Å². The van der Waals surface area contributed by atoms with Crippen LogP contribution in [0.3, 0.4) is 0 Å². The molecule has 0 fully saturated rings. The number of nitriles is 1. The fourth-order valence-electron chi connectivity index (χ4n) is 1.15. The number of nitrogens with zero attached hydrogens (tertiary/aromatic N) is 1. The zero-order chi connectivity index (χ0) is 10.1. The molecule has 0 rings (SSSR count). The molecule has 0 aliphatic heterocycles. The second-order valence-corrected chi connectivity index (χ2v) is 3.12. The highest BCUT2D eigenvalue weighted by molar-refractivity contribution is 5.34. The van der Waals surface area contributed by atoms with E-state index in [0.29, 0.717) is 0 Å². The van der Waals surface area contributed by atoms with Crippen LogP contribution < -0.4 is 0 Å². The molecule has 0 aliphatic rings. The first-order valence-corrected chi connectivity index (χ1v) is 5.04. The van der Waals surface area contributed by atoms with E-state index in [2.05, 4.69) is 19.9 Å². The lowest BCUT2D eigenvalue weighted by Gasteiger charge is -2.02. The van der Waals surface area contributed by atoms with Crippen LogP contribution in [0.4, 0.5) is 0 Å². The van der Waals surface area contributed by atoms with Crippen LogP contribution in [0, 0.1) is 11.3 Å². The van der Waals surface area contributed by atoms with Gasteiger partial charge in [-0.25, -0.2) is 0 Å². The smallest absolute Gasteiger partial charge is 0.0988 e. The van der Waals surface area contributed by atoms with Gasteiger partial charge >= 0.3 is 0 Å². The highest BCUT2D eigenvalue weighted by Gasteiger charge is 1.95. The molecular formula is C12H19N. The van der Waals surface area contributed by atoms with Crippen molar-refractivity contribution in [3.05, 3.63) is 23.3 Å². The first kappa shape index (κ1) is 12.0. The topological polar surface area (TPSA) is 23.8 Å². The molecule has 72 valence electrons. The largest absolute Gasteiger partial charge is 0.192 e. The molecule has 0 aliphatic carbocycles. The summed E-state index contributed by atoms with van der Waals surface area (Å²) in [7, 11) is 0. The van der Waals surface area contributed by atoms with Gasteiger partial charge in [-0.3, -0.25) is 0 Å². The Morgan fingerprint density at radius 3 is 2.46 bits per heavy atom. The summed E-state index contributed by atoms with van der Waals surface area (Å²) < 4.78 is 0. The first-order valence-electron chi connectivity index (χ1n) is 5.04. The van der Waals surface area contributed by atoms with Gasteiger partial charge < -0.3 is 0 Å². The maximum Gasteiger partial charge on any atom is 0.0988 e. The lowest BCUT2D eigenvalue weighted by molar-refractivity contribution is 0.766. The van der Waals surface area contributed by atoms with Crippen LogP contribution in [0.2, 0.25) is 0 Å². The van der Waals surface area contributed by atoms with Gasteiger partial charge in [0.1, 0.15) is 0 Å². The van der Waals surface area contributed by atoms with E-state index in [1.54, 1.807) is 0 Å².